The maximum Gasteiger partial charge on any atom is 0.251 e. The van der Waals surface area contributed by atoms with Crippen molar-refractivity contribution >= 4 is 15.9 Å². The minimum atomic E-state index is -3.80. The molecule has 0 aliphatic carbocycles. The smallest absolute Gasteiger partial charge is 0.251 e. The van der Waals surface area contributed by atoms with Crippen LogP contribution in [0, 0.1) is 20.8 Å². The first-order valence-corrected chi connectivity index (χ1v) is 12.7. The Hall–Kier alpha value is -3.69. The molecule has 182 valence electrons. The van der Waals surface area contributed by atoms with Gasteiger partial charge in [-0.1, -0.05) is 18.2 Å². The van der Waals surface area contributed by atoms with Crippen LogP contribution in [0.3, 0.4) is 0 Å². The zero-order valence-corrected chi connectivity index (χ0v) is 20.7. The first-order valence-electron chi connectivity index (χ1n) is 11.3. The van der Waals surface area contributed by atoms with Crippen molar-refractivity contribution in [1.29, 1.82) is 0 Å². The van der Waals surface area contributed by atoms with Gasteiger partial charge >= 0.3 is 0 Å². The number of sulfonamides is 1. The summed E-state index contributed by atoms with van der Waals surface area (Å²) in [6.07, 6.45) is 2.12. The highest BCUT2D eigenvalue weighted by molar-refractivity contribution is 7.89. The molecule has 2 N–H and O–H groups in total. The number of aryl methyl sites for hydroxylation is 3. The fourth-order valence-electron chi connectivity index (χ4n) is 3.79. The predicted molar refractivity (Wildman–Crippen MR) is 133 cm³/mol. The summed E-state index contributed by atoms with van der Waals surface area (Å²) >= 11 is 0. The monoisotopic (exact) mass is 492 g/mol. The molecule has 0 bridgehead atoms. The standard InChI is InChI=1S/C26H28N4O4S/c1-18-6-11-24(35(32,33)28-17-23-5-4-14-34-23)16-25(18)26(31)27-13-12-21-7-9-22(10-8-21)30-20(3)15-19(2)29-30/h4-11,14-16,28H,12-13,17H2,1-3H3,(H,27,31). The van der Waals surface area contributed by atoms with Gasteiger partial charge in [0, 0.05) is 17.8 Å². The van der Waals surface area contributed by atoms with E-state index in [0.717, 1.165) is 22.6 Å². The lowest BCUT2D eigenvalue weighted by Gasteiger charge is -2.11. The Labute approximate surface area is 205 Å². The Morgan fingerprint density at radius 3 is 2.46 bits per heavy atom. The zero-order valence-electron chi connectivity index (χ0n) is 19.9. The average Bonchev–Trinajstić information content (AvgIpc) is 3.47. The number of aromatic nitrogens is 2. The second-order valence-corrected chi connectivity index (χ2v) is 10.2. The highest BCUT2D eigenvalue weighted by atomic mass is 32.2. The van der Waals surface area contributed by atoms with Crippen molar-refractivity contribution in [2.24, 2.45) is 0 Å². The number of carbonyl (C=O) groups excluding carboxylic acids is 1. The molecule has 0 saturated carbocycles. The van der Waals surface area contributed by atoms with E-state index in [1.807, 2.05) is 48.9 Å². The molecular weight excluding hydrogens is 464 g/mol. The highest BCUT2D eigenvalue weighted by Gasteiger charge is 2.18. The molecule has 35 heavy (non-hydrogen) atoms. The summed E-state index contributed by atoms with van der Waals surface area (Å²) in [6, 6.07) is 18.0. The molecule has 1 amide bonds. The van der Waals surface area contributed by atoms with Gasteiger partial charge in [0.2, 0.25) is 10.0 Å². The van der Waals surface area contributed by atoms with Crippen molar-refractivity contribution in [2.75, 3.05) is 6.54 Å². The van der Waals surface area contributed by atoms with E-state index >= 15 is 0 Å². The Kier molecular flexibility index (Phi) is 7.18. The maximum atomic E-state index is 12.8. The van der Waals surface area contributed by atoms with Crippen LogP contribution >= 0.6 is 0 Å². The number of hydrogen-bond acceptors (Lipinski definition) is 5. The highest BCUT2D eigenvalue weighted by Crippen LogP contribution is 2.17. The topological polar surface area (TPSA) is 106 Å². The number of nitrogens with one attached hydrogen (secondary N) is 2. The van der Waals surface area contributed by atoms with E-state index < -0.39 is 10.0 Å². The first kappa shape index (κ1) is 24.4. The van der Waals surface area contributed by atoms with Crippen LogP contribution in [0.1, 0.15) is 38.6 Å². The molecule has 0 radical (unpaired) electrons. The number of nitrogens with zero attached hydrogens (tertiary/aromatic N) is 2. The molecule has 0 spiro atoms. The van der Waals surface area contributed by atoms with Gasteiger partial charge in [-0.3, -0.25) is 4.79 Å². The van der Waals surface area contributed by atoms with E-state index in [-0.39, 0.29) is 17.3 Å². The van der Waals surface area contributed by atoms with Gasteiger partial charge in [-0.05, 0) is 80.8 Å². The Balaban J connectivity index is 1.37. The van der Waals surface area contributed by atoms with Crippen molar-refractivity contribution < 1.29 is 17.6 Å². The van der Waals surface area contributed by atoms with Crippen molar-refractivity contribution in [2.45, 2.75) is 38.6 Å². The van der Waals surface area contributed by atoms with Crippen LogP contribution in [0.2, 0.25) is 0 Å². The van der Waals surface area contributed by atoms with Crippen LogP contribution in [-0.2, 0) is 23.0 Å². The summed E-state index contributed by atoms with van der Waals surface area (Å²) in [5.74, 6) is 0.186. The molecule has 2 heterocycles. The van der Waals surface area contributed by atoms with Crippen LogP contribution in [0.25, 0.3) is 5.69 Å². The fraction of sp³-hybridized carbons (Fsp3) is 0.231. The molecule has 0 fully saturated rings. The largest absolute Gasteiger partial charge is 0.468 e. The summed E-state index contributed by atoms with van der Waals surface area (Å²) in [6.45, 7) is 6.21. The number of hydrogen-bond donors (Lipinski definition) is 2. The second kappa shape index (κ2) is 10.3. The molecule has 4 aromatic rings. The number of benzene rings is 2. The number of carbonyl (C=O) groups is 1. The third kappa shape index (κ3) is 5.87. The third-order valence-electron chi connectivity index (χ3n) is 5.67. The van der Waals surface area contributed by atoms with Crippen LogP contribution < -0.4 is 10.0 Å². The van der Waals surface area contributed by atoms with Gasteiger partial charge in [0.15, 0.2) is 0 Å². The summed E-state index contributed by atoms with van der Waals surface area (Å²) in [5.41, 5.74) is 5.11. The molecule has 2 aromatic heterocycles. The van der Waals surface area contributed by atoms with Crippen LogP contribution in [0.15, 0.2) is 76.2 Å². The summed E-state index contributed by atoms with van der Waals surface area (Å²) in [5, 5.41) is 7.39. The Morgan fingerprint density at radius 1 is 1.03 bits per heavy atom. The Morgan fingerprint density at radius 2 is 1.80 bits per heavy atom. The van der Waals surface area contributed by atoms with Gasteiger partial charge in [0.25, 0.3) is 5.91 Å². The lowest BCUT2D eigenvalue weighted by Crippen LogP contribution is -2.27. The molecule has 2 aromatic carbocycles. The van der Waals surface area contributed by atoms with Crippen LogP contribution in [0.4, 0.5) is 0 Å². The lowest BCUT2D eigenvalue weighted by atomic mass is 10.1. The Bertz CT molecular complexity index is 1420. The van der Waals surface area contributed by atoms with Gasteiger partial charge in [-0.2, -0.15) is 5.10 Å². The van der Waals surface area contributed by atoms with E-state index in [1.54, 1.807) is 25.1 Å². The summed E-state index contributed by atoms with van der Waals surface area (Å²) in [4.78, 5) is 12.8. The SMILES string of the molecule is Cc1cc(C)n(-c2ccc(CCNC(=O)c3cc(S(=O)(=O)NCc4ccco4)ccc3C)cc2)n1. The average molecular weight is 493 g/mol. The van der Waals surface area contributed by atoms with E-state index in [0.29, 0.717) is 29.9 Å². The van der Waals surface area contributed by atoms with Crippen LogP contribution in [-0.4, -0.2) is 30.7 Å². The van der Waals surface area contributed by atoms with Crippen LogP contribution in [0.5, 0.6) is 0 Å². The molecule has 4 rings (SSSR count). The van der Waals surface area contributed by atoms with E-state index in [9.17, 15) is 13.2 Å². The van der Waals surface area contributed by atoms with Gasteiger partial charge in [0.05, 0.1) is 29.1 Å². The summed E-state index contributed by atoms with van der Waals surface area (Å²) < 4.78 is 34.9. The van der Waals surface area contributed by atoms with Crippen molar-refractivity contribution in [3.8, 4) is 5.69 Å². The van der Waals surface area contributed by atoms with E-state index in [2.05, 4.69) is 15.1 Å². The normalized spacial score (nSPS) is 11.5. The molecule has 0 saturated heterocycles. The number of rotatable bonds is 9. The first-order chi connectivity index (χ1) is 16.7. The number of amides is 1. The molecule has 9 heteroatoms. The third-order valence-corrected chi connectivity index (χ3v) is 7.07. The quantitative estimate of drug-likeness (QED) is 0.369. The molecule has 8 nitrogen and oxygen atoms in total. The predicted octanol–water partition coefficient (Wildman–Crippen LogP) is 3.84. The molecule has 0 aliphatic rings. The number of furan rings is 1. The minimum absolute atomic E-state index is 0.0274. The molecule has 0 aliphatic heterocycles. The van der Waals surface area contributed by atoms with Crippen molar-refractivity contribution in [1.82, 2.24) is 19.8 Å². The van der Waals surface area contributed by atoms with E-state index in [1.165, 1.54) is 18.4 Å². The van der Waals surface area contributed by atoms with E-state index in [4.69, 9.17) is 4.42 Å². The molecule has 0 atom stereocenters. The maximum absolute atomic E-state index is 12.8. The fourth-order valence-corrected chi connectivity index (χ4v) is 4.80. The van der Waals surface area contributed by atoms with Gasteiger partial charge in [-0.15, -0.1) is 0 Å². The lowest BCUT2D eigenvalue weighted by molar-refractivity contribution is 0.0953. The molecular formula is C26H28N4O4S. The molecule has 0 unspecified atom stereocenters. The van der Waals surface area contributed by atoms with Crippen molar-refractivity contribution in [3.63, 3.8) is 0 Å². The van der Waals surface area contributed by atoms with Gasteiger partial charge in [0.1, 0.15) is 5.76 Å². The summed E-state index contributed by atoms with van der Waals surface area (Å²) in [7, 11) is -3.80. The van der Waals surface area contributed by atoms with Gasteiger partial charge < -0.3 is 9.73 Å². The zero-order chi connectivity index (χ0) is 25.0. The van der Waals surface area contributed by atoms with Gasteiger partial charge in [-0.25, -0.2) is 17.8 Å². The second-order valence-electron chi connectivity index (χ2n) is 8.39. The minimum Gasteiger partial charge on any atom is -0.468 e. The van der Waals surface area contributed by atoms with Crippen molar-refractivity contribution in [3.05, 3.63) is 101 Å².